The lowest BCUT2D eigenvalue weighted by molar-refractivity contribution is -0.141. The van der Waals surface area contributed by atoms with Gasteiger partial charge in [-0.1, -0.05) is 49.9 Å². The van der Waals surface area contributed by atoms with Gasteiger partial charge in [-0.15, -0.1) is 0 Å². The molecule has 39 nitrogen and oxygen atoms in total. The van der Waals surface area contributed by atoms with Crippen LogP contribution in [0, 0.1) is 0 Å². The number of carboxylic acids is 5. The van der Waals surface area contributed by atoms with Gasteiger partial charge in [0.2, 0.25) is 17.7 Å². The second-order valence-electron chi connectivity index (χ2n) is 29.1. The van der Waals surface area contributed by atoms with Crippen LogP contribution in [0.5, 0.6) is 0 Å². The summed E-state index contributed by atoms with van der Waals surface area (Å²) < 4.78 is 0. The number of benzene rings is 2. The number of hydrogen-bond acceptors (Lipinski definition) is 29. The molecule has 0 aliphatic carbocycles. The molecule has 18 N–H and O–H groups in total. The van der Waals surface area contributed by atoms with E-state index in [9.17, 15) is 88.8 Å². The van der Waals surface area contributed by atoms with Crippen LogP contribution in [0.3, 0.4) is 0 Å². The zero-order chi connectivity index (χ0) is 88.5. The molecule has 6 aliphatic rings. The second-order valence-corrected chi connectivity index (χ2v) is 31.7. The minimum absolute atomic E-state index is 0.0373. The lowest BCUT2D eigenvalue weighted by Gasteiger charge is -2.37. The van der Waals surface area contributed by atoms with Crippen molar-refractivity contribution in [3.63, 3.8) is 0 Å². The van der Waals surface area contributed by atoms with Crippen LogP contribution in [0.2, 0.25) is 0 Å². The maximum Gasteiger partial charge on any atom is 0.317 e. The van der Waals surface area contributed by atoms with E-state index in [1.807, 2.05) is 96.9 Å². The lowest BCUT2D eigenvalue weighted by Crippen LogP contribution is -2.53. The van der Waals surface area contributed by atoms with E-state index in [1.54, 1.807) is 41.5 Å². The molecule has 8 rings (SSSR count). The van der Waals surface area contributed by atoms with Gasteiger partial charge in [-0.3, -0.25) is 77.6 Å². The molecule has 6 heterocycles. The third kappa shape index (κ3) is 44.6. The van der Waals surface area contributed by atoms with Gasteiger partial charge in [0.25, 0.3) is 0 Å². The van der Waals surface area contributed by atoms with Gasteiger partial charge in [-0.2, -0.15) is 23.5 Å². The first kappa shape index (κ1) is 107. The maximum atomic E-state index is 12.7. The van der Waals surface area contributed by atoms with Crippen LogP contribution in [0.1, 0.15) is 114 Å². The van der Waals surface area contributed by atoms with E-state index in [0.29, 0.717) is 159 Å². The van der Waals surface area contributed by atoms with Crippen molar-refractivity contribution in [3.05, 3.63) is 59.7 Å². The molecule has 0 spiro atoms. The molecule has 6 saturated heterocycles. The maximum absolute atomic E-state index is 12.7. The second kappa shape index (κ2) is 63.6. The lowest BCUT2D eigenvalue weighted by atomic mass is 10.0. The predicted molar refractivity (Wildman–Crippen MR) is 449 cm³/mol. The molecule has 119 heavy (non-hydrogen) atoms. The van der Waals surface area contributed by atoms with Crippen LogP contribution in [-0.4, -0.2) is 388 Å². The molecule has 41 heteroatoms. The standard InChI is InChI=1S/C37H60N8O9S.C27H46N6O7.C10H16N2O3S.4CH2O/c46-25-42-14-15-43(26-47)18-19-45(23-35(52)53)29(21-44(17-16-42)22-34(50)51)20-27-9-11-28(12-10-27)39-33(49)8-2-1-5-13-38-32(48)7-4-3-6-31-36-30(24-55-31)40-37(54)41-36;28-9-3-1-2-4-25(36)29-23-7-5-22(6-8-23)16-24-17-32(18-26(37)38)13-12-30(20-34)10-11-31(21-35)14-15-33(24)19-27(39)40;13-8(14)4-2-1-3-7-9-6(5-16-7)11-10(15)12-9;4*1-2/h9-12,29-31,36,46-47H,1-8,13-26H2,(H,38,48)(H,39,49)(H,50,51)(H,52,53)(H2,40,41,54);5-8,24,34-35H,1-4,9-21,28H2,(H,29,36)(H,37,38)(H,39,40);6-7,9H,1-5H2,(H,13,14)(H2,11,12,15);4*1H2. The summed E-state index contributed by atoms with van der Waals surface area (Å²) in [6.45, 7) is 13.0. The monoisotopic (exact) mass is 1720 g/mol. The molecule has 0 aromatic heterocycles. The molecular formula is C78H130N16O23S2. The first-order valence-corrected chi connectivity index (χ1v) is 42.1. The third-order valence-corrected chi connectivity index (χ3v) is 23.6. The SMILES string of the molecule is C=O.C=O.C=O.C=O.NCCCCCC(=O)Nc1ccc(CC2CN(CC(=O)O)CCN(CO)CCN(CO)CCN2CC(=O)O)cc1.O=C(O)CCCCC1SCC2NC(=O)NC21.O=C(O)CN1CCN(CO)CCN(CO)CCN(CC(=O)O)C(Cc2ccc(NC(=O)CCCCCNC(=O)CCCCC3SCC4NC(=O)NC43)cc2)C1. The Labute approximate surface area is 704 Å². The third-order valence-electron chi connectivity index (χ3n) is 20.6. The summed E-state index contributed by atoms with van der Waals surface area (Å²) in [6.07, 6.45) is 12.6. The van der Waals surface area contributed by atoms with Crippen LogP contribution >= 0.6 is 23.5 Å². The summed E-state index contributed by atoms with van der Waals surface area (Å²) in [7, 11) is 0. The van der Waals surface area contributed by atoms with Crippen molar-refractivity contribution < 1.29 is 113 Å². The predicted octanol–water partition coefficient (Wildman–Crippen LogP) is -0.368. The van der Waals surface area contributed by atoms with Crippen LogP contribution in [0.15, 0.2) is 48.5 Å². The zero-order valence-electron chi connectivity index (χ0n) is 68.4. The van der Waals surface area contributed by atoms with E-state index in [-0.39, 0.29) is 132 Å². The Hall–Kier alpha value is -8.40. The molecule has 6 fully saturated rings. The Morgan fingerprint density at radius 2 is 0.723 bits per heavy atom. The number of unbranched alkanes of at least 4 members (excludes halogenated alkanes) is 6. The Bertz CT molecular complexity index is 3260. The van der Waals surface area contributed by atoms with E-state index in [0.717, 1.165) is 93.3 Å². The normalized spacial score (nSPS) is 21.6. The van der Waals surface area contributed by atoms with Crippen LogP contribution < -0.4 is 43.0 Å². The number of aliphatic hydroxyl groups is 4. The number of fused-ring (bicyclic) bond motifs is 2. The minimum Gasteiger partial charge on any atom is -0.481 e. The van der Waals surface area contributed by atoms with Crippen molar-refractivity contribution in [1.82, 2.24) is 65.8 Å². The van der Waals surface area contributed by atoms with Gasteiger partial charge in [0.15, 0.2) is 0 Å². The molecule has 8 atom stereocenters. The molecule has 7 amide bonds. The summed E-state index contributed by atoms with van der Waals surface area (Å²) in [6, 6.07) is 14.8. The van der Waals surface area contributed by atoms with Crippen LogP contribution in [-0.2, 0) is 70.4 Å². The first-order valence-electron chi connectivity index (χ1n) is 40.0. The van der Waals surface area contributed by atoms with E-state index in [4.69, 9.17) is 30.0 Å². The van der Waals surface area contributed by atoms with Gasteiger partial charge in [0.05, 0.1) is 77.3 Å². The van der Waals surface area contributed by atoms with Crippen molar-refractivity contribution in [3.8, 4) is 0 Å². The fourth-order valence-corrected chi connectivity index (χ4v) is 17.5. The van der Waals surface area contributed by atoms with Gasteiger partial charge in [0.1, 0.15) is 27.2 Å². The molecule has 0 saturated carbocycles. The highest BCUT2D eigenvalue weighted by molar-refractivity contribution is 8.00. The largest absolute Gasteiger partial charge is 0.481 e. The van der Waals surface area contributed by atoms with Gasteiger partial charge >= 0.3 is 41.9 Å². The summed E-state index contributed by atoms with van der Waals surface area (Å²) in [5.74, 6) is -2.96. The summed E-state index contributed by atoms with van der Waals surface area (Å²) in [4.78, 5) is 164. The van der Waals surface area contributed by atoms with Crippen molar-refractivity contribution in [2.45, 2.75) is 162 Å². The van der Waals surface area contributed by atoms with Gasteiger partial charge in [-0.05, 0) is 106 Å². The smallest absolute Gasteiger partial charge is 0.317 e. The Kier molecular flexibility index (Phi) is 57.0. The topological polar surface area (TPSA) is 557 Å². The van der Waals surface area contributed by atoms with Gasteiger partial charge in [0, 0.05) is 169 Å². The highest BCUT2D eigenvalue weighted by Crippen LogP contribution is 2.35. The molecule has 2 aromatic rings. The number of thioether (sulfide) groups is 2. The molecule has 0 bridgehead atoms. The zero-order valence-corrected chi connectivity index (χ0v) is 70.0. The number of nitrogens with two attached hydrogens (primary N) is 1. The fourth-order valence-electron chi connectivity index (χ4n) is 14.4. The molecular weight excluding hydrogens is 1590 g/mol. The number of aliphatic carboxylic acids is 5. The van der Waals surface area contributed by atoms with Crippen molar-refractivity contribution in [2.24, 2.45) is 5.73 Å². The molecule has 2 aromatic carbocycles. The summed E-state index contributed by atoms with van der Waals surface area (Å²) >= 11 is 3.75. The number of urea groups is 2. The van der Waals surface area contributed by atoms with E-state index in [1.165, 1.54) is 0 Å². The quantitative estimate of drug-likeness (QED) is 0.0300. The number of carbonyl (C=O) groups excluding carboxylic acids is 9. The van der Waals surface area contributed by atoms with E-state index < -0.39 is 29.8 Å². The average Bonchev–Trinajstić information content (AvgIpc) is 1.68. The van der Waals surface area contributed by atoms with Crippen LogP contribution in [0.25, 0.3) is 0 Å². The van der Waals surface area contributed by atoms with Gasteiger partial charge < -0.3 is 108 Å². The molecule has 0 radical (unpaired) electrons. The number of anilines is 2. The minimum atomic E-state index is -1.01. The fraction of sp³-hybridized carbons (Fsp3) is 0.667. The Balaban J connectivity index is 0.000000650. The average molecular weight is 1720 g/mol. The number of hydrogen-bond donors (Lipinski definition) is 17. The summed E-state index contributed by atoms with van der Waals surface area (Å²) in [5, 5.41) is 108. The van der Waals surface area contributed by atoms with Gasteiger partial charge in [-0.25, -0.2) is 9.59 Å². The van der Waals surface area contributed by atoms with Crippen molar-refractivity contribution in [2.75, 3.05) is 180 Å². The number of aliphatic hydroxyl groups excluding tert-OH is 4. The van der Waals surface area contributed by atoms with E-state index >= 15 is 0 Å². The number of nitrogens with zero attached hydrogens (tertiary/aromatic N) is 8. The number of carbonyl (C=O) groups is 14. The highest BCUT2D eigenvalue weighted by atomic mass is 32.2. The Morgan fingerprint density at radius 3 is 1.07 bits per heavy atom. The number of amides is 7. The Morgan fingerprint density at radius 1 is 0.395 bits per heavy atom. The number of nitrogens with one attached hydrogen (secondary N) is 7. The molecule has 8 unspecified atom stereocenters. The first-order chi connectivity index (χ1) is 57.4. The molecule has 6 aliphatic heterocycles. The van der Waals surface area contributed by atoms with Crippen LogP contribution in [0.4, 0.5) is 21.0 Å². The number of carboxylic acid groups (broad SMARTS) is 5. The number of rotatable bonds is 39. The highest BCUT2D eigenvalue weighted by Gasteiger charge is 2.44. The summed E-state index contributed by atoms with van der Waals surface area (Å²) in [5.41, 5.74) is 8.60. The van der Waals surface area contributed by atoms with Crippen molar-refractivity contribution in [1.29, 1.82) is 0 Å². The van der Waals surface area contributed by atoms with E-state index in [2.05, 4.69) is 37.2 Å². The van der Waals surface area contributed by atoms with Crippen molar-refractivity contribution >= 4 is 122 Å². The molecule has 672 valence electrons.